The molecule has 0 bridgehead atoms. The Kier molecular flexibility index (Phi) is 6.47. The number of hydrogen-bond acceptors (Lipinski definition) is 5. The van der Waals surface area contributed by atoms with E-state index in [2.05, 4.69) is 10.4 Å². The first-order chi connectivity index (χ1) is 14.7. The average Bonchev–Trinajstić information content (AvgIpc) is 3.30. The summed E-state index contributed by atoms with van der Waals surface area (Å²) in [7, 11) is 1.79. The van der Waals surface area contributed by atoms with E-state index in [1.807, 2.05) is 18.2 Å². The fourth-order valence-electron chi connectivity index (χ4n) is 3.63. The molecule has 2 heterocycles. The Balaban J connectivity index is 1.80. The van der Waals surface area contributed by atoms with Crippen molar-refractivity contribution in [3.05, 3.63) is 41.6 Å². The summed E-state index contributed by atoms with van der Waals surface area (Å²) in [6.45, 7) is 0.506. The monoisotopic (exact) mass is 430 g/mol. The molecule has 1 aliphatic heterocycles. The van der Waals surface area contributed by atoms with Crippen molar-refractivity contribution in [2.75, 3.05) is 6.67 Å². The van der Waals surface area contributed by atoms with Gasteiger partial charge < -0.3 is 15.3 Å². The first-order valence-corrected chi connectivity index (χ1v) is 9.79. The number of hydrogen-bond donors (Lipinski definition) is 2. The molecule has 1 aliphatic rings. The Hall–Kier alpha value is -3.56. The van der Waals surface area contributed by atoms with Crippen LogP contribution in [0.15, 0.2) is 30.5 Å². The van der Waals surface area contributed by atoms with E-state index in [9.17, 15) is 23.6 Å². The molecule has 1 aromatic carbocycles. The predicted octanol–water partition coefficient (Wildman–Crippen LogP) is 1.32. The topological polar surface area (TPSA) is 122 Å². The average molecular weight is 430 g/mol. The van der Waals surface area contributed by atoms with Crippen molar-refractivity contribution in [2.45, 2.75) is 38.4 Å². The van der Waals surface area contributed by atoms with Gasteiger partial charge in [-0.3, -0.25) is 23.9 Å². The second kappa shape index (κ2) is 9.07. The van der Waals surface area contributed by atoms with Crippen LogP contribution in [0.2, 0.25) is 0 Å². The number of nitrogens with one attached hydrogen (secondary N) is 1. The number of carbonyl (C=O) groups is 4. The molecular formula is C21H23FN4O5. The van der Waals surface area contributed by atoms with Crippen LogP contribution < -0.4 is 5.32 Å². The molecule has 164 valence electrons. The number of nitrogens with zero attached hydrogens (tertiary/aromatic N) is 3. The highest BCUT2D eigenvalue weighted by molar-refractivity contribution is 6.02. The van der Waals surface area contributed by atoms with Crippen molar-refractivity contribution in [1.82, 2.24) is 20.0 Å². The molecule has 0 saturated carbocycles. The zero-order chi connectivity index (χ0) is 22.7. The third-order valence-electron chi connectivity index (χ3n) is 5.23. The van der Waals surface area contributed by atoms with E-state index in [0.29, 0.717) is 11.3 Å². The van der Waals surface area contributed by atoms with Crippen molar-refractivity contribution < 1.29 is 28.7 Å². The van der Waals surface area contributed by atoms with Crippen molar-refractivity contribution in [1.29, 1.82) is 0 Å². The number of alkyl halides is 1. The maximum absolute atomic E-state index is 13.0. The van der Waals surface area contributed by atoms with Crippen molar-refractivity contribution in [3.8, 4) is 11.3 Å². The Morgan fingerprint density at radius 3 is 2.61 bits per heavy atom. The Labute approximate surface area is 177 Å². The molecular weight excluding hydrogens is 407 g/mol. The molecule has 31 heavy (non-hydrogen) atoms. The van der Waals surface area contributed by atoms with Crippen LogP contribution in [0.5, 0.6) is 0 Å². The quantitative estimate of drug-likeness (QED) is 0.619. The Morgan fingerprint density at radius 2 is 2.03 bits per heavy atom. The van der Waals surface area contributed by atoms with Gasteiger partial charge in [-0.1, -0.05) is 19.1 Å². The molecule has 2 unspecified atom stereocenters. The van der Waals surface area contributed by atoms with Gasteiger partial charge >= 0.3 is 5.97 Å². The molecule has 2 amide bonds. The third-order valence-corrected chi connectivity index (χ3v) is 5.23. The summed E-state index contributed by atoms with van der Waals surface area (Å²) in [5.41, 5.74) is 2.68. The Morgan fingerprint density at radius 1 is 1.29 bits per heavy atom. The number of aliphatic carboxylic acids is 1. The predicted molar refractivity (Wildman–Crippen MR) is 108 cm³/mol. The lowest BCUT2D eigenvalue weighted by atomic mass is 10.0. The van der Waals surface area contributed by atoms with Gasteiger partial charge in [0.25, 0.3) is 5.91 Å². The Bertz CT molecular complexity index is 1030. The number of carboxylic acid groups (broad SMARTS) is 1. The molecule has 2 N–H and O–H groups in total. The normalized spacial score (nSPS) is 14.8. The number of carboxylic acids is 1. The second-order valence-electron chi connectivity index (χ2n) is 7.36. The zero-order valence-electron chi connectivity index (χ0n) is 17.2. The summed E-state index contributed by atoms with van der Waals surface area (Å²) in [6.07, 6.45) is 1.30. The van der Waals surface area contributed by atoms with Gasteiger partial charge in [-0.2, -0.15) is 5.10 Å². The first-order valence-electron chi connectivity index (χ1n) is 9.79. The molecule has 3 rings (SSSR count). The maximum Gasteiger partial charge on any atom is 0.305 e. The number of aromatic nitrogens is 2. The van der Waals surface area contributed by atoms with Crippen LogP contribution in [-0.4, -0.2) is 62.1 Å². The second-order valence-corrected chi connectivity index (χ2v) is 7.36. The van der Waals surface area contributed by atoms with Gasteiger partial charge in [0.2, 0.25) is 5.91 Å². The molecule has 0 radical (unpaired) electrons. The van der Waals surface area contributed by atoms with Crippen LogP contribution in [0.4, 0.5) is 4.39 Å². The van der Waals surface area contributed by atoms with Crippen molar-refractivity contribution in [3.63, 3.8) is 0 Å². The number of amides is 2. The molecule has 1 aromatic heterocycles. The zero-order valence-corrected chi connectivity index (χ0v) is 17.2. The fraction of sp³-hybridized carbons (Fsp3) is 0.381. The smallest absolute Gasteiger partial charge is 0.305 e. The standard InChI is InChI=1S/C21H23FN4O5/c1-3-17(20(30)23-16(9-19(28)29)18(27)10-22)26-11-13-5-4-12(8-14(13)21(26)31)15-6-7-25(2)24-15/h4-8,16-17H,3,9-11H2,1-2H3,(H,23,30)(H,28,29). The van der Waals surface area contributed by atoms with Gasteiger partial charge in [-0.05, 0) is 24.1 Å². The van der Waals surface area contributed by atoms with Gasteiger partial charge in [0.15, 0.2) is 5.78 Å². The molecule has 0 aliphatic carbocycles. The number of Topliss-reactive ketones (excluding diaryl/α,β-unsaturated/α-hetero) is 1. The van der Waals surface area contributed by atoms with Crippen LogP contribution in [0.25, 0.3) is 11.3 Å². The van der Waals surface area contributed by atoms with Gasteiger partial charge in [0, 0.05) is 30.9 Å². The summed E-state index contributed by atoms with van der Waals surface area (Å²) in [5, 5.41) is 15.6. The number of halogens is 1. The van der Waals surface area contributed by atoms with E-state index < -0.39 is 42.8 Å². The number of carbonyl (C=O) groups excluding carboxylic acids is 3. The van der Waals surface area contributed by atoms with Crippen LogP contribution in [0, 0.1) is 0 Å². The summed E-state index contributed by atoms with van der Waals surface area (Å²) in [4.78, 5) is 49.8. The van der Waals surface area contributed by atoms with Crippen LogP contribution in [0.3, 0.4) is 0 Å². The number of aryl methyl sites for hydroxylation is 1. The van der Waals surface area contributed by atoms with Gasteiger partial charge in [-0.15, -0.1) is 0 Å². The minimum atomic E-state index is -1.49. The van der Waals surface area contributed by atoms with Crippen molar-refractivity contribution in [2.24, 2.45) is 7.05 Å². The molecule has 0 saturated heterocycles. The van der Waals surface area contributed by atoms with Crippen LogP contribution in [0.1, 0.15) is 35.7 Å². The summed E-state index contributed by atoms with van der Waals surface area (Å²) in [6, 6.07) is 4.79. The summed E-state index contributed by atoms with van der Waals surface area (Å²) >= 11 is 0. The lowest BCUT2D eigenvalue weighted by Crippen LogP contribution is -2.52. The number of benzene rings is 1. The van der Waals surface area contributed by atoms with Crippen LogP contribution >= 0.6 is 0 Å². The summed E-state index contributed by atoms with van der Waals surface area (Å²) < 4.78 is 14.4. The molecule has 0 fully saturated rings. The highest BCUT2D eigenvalue weighted by Crippen LogP contribution is 2.29. The van der Waals surface area contributed by atoms with E-state index in [1.165, 1.54) is 4.90 Å². The lowest BCUT2D eigenvalue weighted by Gasteiger charge is -2.27. The number of rotatable bonds is 9. The molecule has 9 nitrogen and oxygen atoms in total. The van der Waals surface area contributed by atoms with E-state index in [1.54, 1.807) is 30.9 Å². The van der Waals surface area contributed by atoms with E-state index in [0.717, 1.165) is 11.1 Å². The molecule has 2 atom stereocenters. The molecule has 2 aromatic rings. The van der Waals surface area contributed by atoms with Gasteiger partial charge in [-0.25, -0.2) is 4.39 Å². The molecule has 10 heteroatoms. The van der Waals surface area contributed by atoms with Gasteiger partial charge in [0.05, 0.1) is 12.1 Å². The van der Waals surface area contributed by atoms with E-state index in [4.69, 9.17) is 5.11 Å². The molecule has 0 spiro atoms. The number of ketones is 1. The minimum absolute atomic E-state index is 0.198. The first kappa shape index (κ1) is 22.1. The fourth-order valence-corrected chi connectivity index (χ4v) is 3.63. The minimum Gasteiger partial charge on any atom is -0.481 e. The van der Waals surface area contributed by atoms with Gasteiger partial charge in [0.1, 0.15) is 18.8 Å². The summed E-state index contributed by atoms with van der Waals surface area (Å²) in [5.74, 6) is -3.41. The SMILES string of the molecule is CCC(C(=O)NC(CC(=O)O)C(=O)CF)N1Cc2ccc(-c3ccn(C)n3)cc2C1=O. The maximum atomic E-state index is 13.0. The highest BCUT2D eigenvalue weighted by atomic mass is 19.1. The van der Waals surface area contributed by atoms with E-state index in [-0.39, 0.29) is 18.9 Å². The largest absolute Gasteiger partial charge is 0.481 e. The number of fused-ring (bicyclic) bond motifs is 1. The lowest BCUT2D eigenvalue weighted by molar-refractivity contribution is -0.140. The van der Waals surface area contributed by atoms with Crippen LogP contribution in [-0.2, 0) is 28.0 Å². The third kappa shape index (κ3) is 4.62. The van der Waals surface area contributed by atoms with Crippen molar-refractivity contribution >= 4 is 23.6 Å². The van der Waals surface area contributed by atoms with E-state index >= 15 is 0 Å². The highest BCUT2D eigenvalue weighted by Gasteiger charge is 2.37.